The van der Waals surface area contributed by atoms with Crippen molar-refractivity contribution in [1.29, 1.82) is 0 Å². The maximum atomic E-state index is 5.64. The van der Waals surface area contributed by atoms with Gasteiger partial charge in [0.25, 0.3) is 0 Å². The van der Waals surface area contributed by atoms with Crippen LogP contribution < -0.4 is 0 Å². The van der Waals surface area contributed by atoms with E-state index in [9.17, 15) is 0 Å². The second kappa shape index (κ2) is 5.63. The molecule has 0 bridgehead atoms. The van der Waals surface area contributed by atoms with Gasteiger partial charge in [0.1, 0.15) is 5.76 Å². The Morgan fingerprint density at radius 1 is 1.40 bits per heavy atom. The molecular weight excluding hydrogens is 274 g/mol. The van der Waals surface area contributed by atoms with Crippen LogP contribution in [-0.2, 0) is 11.3 Å². The minimum Gasteiger partial charge on any atom is -0.378 e. The second-order valence-electron chi connectivity index (χ2n) is 5.16. The molecule has 0 amide bonds. The molecule has 1 aliphatic heterocycles. The fraction of sp³-hybridized carbons (Fsp3) is 0.571. The molecular formula is C14H19N3O2S. The molecule has 3 heterocycles. The Bertz CT molecular complexity index is 574. The molecule has 1 fully saturated rings. The maximum absolute atomic E-state index is 5.64. The summed E-state index contributed by atoms with van der Waals surface area (Å²) in [5, 5.41) is 7.27. The van der Waals surface area contributed by atoms with Gasteiger partial charge >= 0.3 is 0 Å². The lowest BCUT2D eigenvalue weighted by molar-refractivity contribution is -0.0143. The number of hydrogen-bond donors (Lipinski definition) is 0. The topological polar surface area (TPSA) is 51.4 Å². The van der Waals surface area contributed by atoms with Crippen LogP contribution in [0.5, 0.6) is 0 Å². The zero-order chi connectivity index (χ0) is 14.1. The molecule has 1 aliphatic rings. The van der Waals surface area contributed by atoms with E-state index in [2.05, 4.69) is 20.4 Å². The minimum atomic E-state index is 0.224. The molecule has 0 spiro atoms. The number of nitrogens with zero attached hydrogens (tertiary/aromatic N) is 3. The summed E-state index contributed by atoms with van der Waals surface area (Å²) in [6.07, 6.45) is 0. The normalized spacial score (nSPS) is 20.4. The molecule has 2 aromatic heterocycles. The van der Waals surface area contributed by atoms with Crippen molar-refractivity contribution in [2.75, 3.05) is 19.8 Å². The van der Waals surface area contributed by atoms with Gasteiger partial charge in [0.05, 0.1) is 35.7 Å². The molecule has 0 N–H and O–H groups in total. The minimum absolute atomic E-state index is 0.224. The van der Waals surface area contributed by atoms with Crippen molar-refractivity contribution in [3.05, 3.63) is 33.1 Å². The fourth-order valence-electron chi connectivity index (χ4n) is 2.56. The SMILES string of the molecule is Cc1nc([C@@H]2COCCN2Cc2c(C)noc2C)cs1. The van der Waals surface area contributed by atoms with Crippen LogP contribution in [0.15, 0.2) is 9.90 Å². The van der Waals surface area contributed by atoms with E-state index in [0.717, 1.165) is 41.9 Å². The van der Waals surface area contributed by atoms with Gasteiger partial charge in [-0.2, -0.15) is 0 Å². The van der Waals surface area contributed by atoms with Crippen molar-refractivity contribution in [1.82, 2.24) is 15.0 Å². The van der Waals surface area contributed by atoms with Crippen molar-refractivity contribution in [3.8, 4) is 0 Å². The summed E-state index contributed by atoms with van der Waals surface area (Å²) in [5.74, 6) is 0.905. The number of aromatic nitrogens is 2. The lowest BCUT2D eigenvalue weighted by Crippen LogP contribution is -2.39. The van der Waals surface area contributed by atoms with Gasteiger partial charge in [0.15, 0.2) is 0 Å². The third-order valence-corrected chi connectivity index (χ3v) is 4.55. The van der Waals surface area contributed by atoms with E-state index in [1.54, 1.807) is 11.3 Å². The summed E-state index contributed by atoms with van der Waals surface area (Å²) in [4.78, 5) is 7.02. The van der Waals surface area contributed by atoms with Crippen LogP contribution in [0.25, 0.3) is 0 Å². The third kappa shape index (κ3) is 2.63. The first-order valence-electron chi connectivity index (χ1n) is 6.80. The predicted octanol–water partition coefficient (Wildman–Crippen LogP) is 2.63. The molecule has 0 saturated carbocycles. The van der Waals surface area contributed by atoms with Crippen molar-refractivity contribution in [3.63, 3.8) is 0 Å². The second-order valence-corrected chi connectivity index (χ2v) is 6.22. The highest BCUT2D eigenvalue weighted by molar-refractivity contribution is 7.09. The maximum Gasteiger partial charge on any atom is 0.138 e. The first kappa shape index (κ1) is 13.7. The fourth-order valence-corrected chi connectivity index (χ4v) is 3.22. The average Bonchev–Trinajstić information content (AvgIpc) is 3.00. The highest BCUT2D eigenvalue weighted by Crippen LogP contribution is 2.28. The Morgan fingerprint density at radius 3 is 2.90 bits per heavy atom. The molecule has 108 valence electrons. The standard InChI is InChI=1S/C14H19N3O2S/c1-9-12(10(2)19-16-9)6-17-4-5-18-7-14(17)13-8-20-11(3)15-13/h8,14H,4-7H2,1-3H3/t14-/m0/s1. The van der Waals surface area contributed by atoms with E-state index in [4.69, 9.17) is 9.26 Å². The Morgan fingerprint density at radius 2 is 2.25 bits per heavy atom. The van der Waals surface area contributed by atoms with Crippen LogP contribution in [0, 0.1) is 20.8 Å². The first-order valence-corrected chi connectivity index (χ1v) is 7.68. The third-order valence-electron chi connectivity index (χ3n) is 3.76. The molecule has 0 aliphatic carbocycles. The average molecular weight is 293 g/mol. The largest absolute Gasteiger partial charge is 0.378 e. The van der Waals surface area contributed by atoms with Crippen LogP contribution in [0.2, 0.25) is 0 Å². The van der Waals surface area contributed by atoms with Gasteiger partial charge < -0.3 is 9.26 Å². The number of morpholine rings is 1. The molecule has 5 nitrogen and oxygen atoms in total. The van der Waals surface area contributed by atoms with Crippen LogP contribution in [0.1, 0.15) is 33.8 Å². The highest BCUT2D eigenvalue weighted by atomic mass is 32.1. The summed E-state index contributed by atoms with van der Waals surface area (Å²) in [5.41, 5.74) is 3.27. The molecule has 3 rings (SSSR count). The summed E-state index contributed by atoms with van der Waals surface area (Å²) in [6.45, 7) is 9.22. The lowest BCUT2D eigenvalue weighted by Gasteiger charge is -2.34. The van der Waals surface area contributed by atoms with E-state index in [0.29, 0.717) is 6.61 Å². The molecule has 1 atom stereocenters. The van der Waals surface area contributed by atoms with Crippen LogP contribution in [0.4, 0.5) is 0 Å². The summed E-state index contributed by atoms with van der Waals surface area (Å²) in [7, 11) is 0. The van der Waals surface area contributed by atoms with Gasteiger partial charge in [-0.15, -0.1) is 11.3 Å². The van der Waals surface area contributed by atoms with Gasteiger partial charge in [-0.1, -0.05) is 5.16 Å². The Labute approximate surface area is 122 Å². The van der Waals surface area contributed by atoms with Crippen molar-refractivity contribution < 1.29 is 9.26 Å². The quantitative estimate of drug-likeness (QED) is 0.870. The molecule has 6 heteroatoms. The lowest BCUT2D eigenvalue weighted by atomic mass is 10.1. The van der Waals surface area contributed by atoms with Gasteiger partial charge in [-0.3, -0.25) is 4.90 Å². The zero-order valence-electron chi connectivity index (χ0n) is 12.0. The number of rotatable bonds is 3. The van der Waals surface area contributed by atoms with Crippen molar-refractivity contribution in [2.45, 2.75) is 33.4 Å². The van der Waals surface area contributed by atoms with E-state index in [-0.39, 0.29) is 6.04 Å². The summed E-state index contributed by atoms with van der Waals surface area (Å²) in [6, 6.07) is 0.224. The molecule has 0 aromatic carbocycles. The van der Waals surface area contributed by atoms with Crippen LogP contribution in [0.3, 0.4) is 0 Å². The zero-order valence-corrected chi connectivity index (χ0v) is 12.9. The summed E-state index contributed by atoms with van der Waals surface area (Å²) >= 11 is 1.69. The van der Waals surface area contributed by atoms with E-state index in [1.165, 1.54) is 5.56 Å². The Hall–Kier alpha value is -1.24. The van der Waals surface area contributed by atoms with Crippen LogP contribution >= 0.6 is 11.3 Å². The van der Waals surface area contributed by atoms with Crippen LogP contribution in [-0.4, -0.2) is 34.8 Å². The smallest absolute Gasteiger partial charge is 0.138 e. The van der Waals surface area contributed by atoms with E-state index >= 15 is 0 Å². The molecule has 20 heavy (non-hydrogen) atoms. The number of ether oxygens (including phenoxy) is 1. The van der Waals surface area contributed by atoms with Gasteiger partial charge in [-0.25, -0.2) is 4.98 Å². The monoisotopic (exact) mass is 293 g/mol. The molecule has 2 aromatic rings. The van der Waals surface area contributed by atoms with Gasteiger partial charge in [0.2, 0.25) is 0 Å². The predicted molar refractivity (Wildman–Crippen MR) is 76.8 cm³/mol. The molecule has 0 radical (unpaired) electrons. The molecule has 1 saturated heterocycles. The van der Waals surface area contributed by atoms with E-state index < -0.39 is 0 Å². The number of thiazole rings is 1. The first-order chi connectivity index (χ1) is 9.65. The van der Waals surface area contributed by atoms with Gasteiger partial charge in [0, 0.05) is 24.0 Å². The number of aryl methyl sites for hydroxylation is 3. The van der Waals surface area contributed by atoms with Gasteiger partial charge in [-0.05, 0) is 20.8 Å². The highest BCUT2D eigenvalue weighted by Gasteiger charge is 2.28. The number of hydrogen-bond acceptors (Lipinski definition) is 6. The summed E-state index contributed by atoms with van der Waals surface area (Å²) < 4.78 is 10.9. The Kier molecular flexibility index (Phi) is 3.87. The molecule has 0 unspecified atom stereocenters. The van der Waals surface area contributed by atoms with Crippen molar-refractivity contribution in [2.24, 2.45) is 0 Å². The van der Waals surface area contributed by atoms with Crippen molar-refractivity contribution >= 4 is 11.3 Å². The van der Waals surface area contributed by atoms with E-state index in [1.807, 2.05) is 20.8 Å². The Balaban J connectivity index is 1.82.